The maximum atomic E-state index is 5.90. The molecule has 4 heteroatoms. The van der Waals surface area contributed by atoms with Crippen LogP contribution in [0.5, 0.6) is 0 Å². The van der Waals surface area contributed by atoms with Crippen molar-refractivity contribution in [2.75, 3.05) is 46.3 Å². The van der Waals surface area contributed by atoms with Gasteiger partial charge in [-0.25, -0.2) is 0 Å². The summed E-state index contributed by atoms with van der Waals surface area (Å²) in [6.07, 6.45) is 10.5. The smallest absolute Gasteiger partial charge is 0.0197 e. The van der Waals surface area contributed by atoms with Gasteiger partial charge in [0.25, 0.3) is 0 Å². The van der Waals surface area contributed by atoms with Gasteiger partial charge in [-0.1, -0.05) is 20.3 Å². The van der Waals surface area contributed by atoms with Crippen LogP contribution in [0.1, 0.15) is 65.2 Å². The van der Waals surface area contributed by atoms with Crippen molar-refractivity contribution in [2.24, 2.45) is 16.6 Å². The summed E-state index contributed by atoms with van der Waals surface area (Å²) in [5, 5.41) is 7.59. The van der Waals surface area contributed by atoms with E-state index >= 15 is 0 Å². The molecular formula is C20H42N4. The first-order chi connectivity index (χ1) is 11.6. The molecule has 4 N–H and O–H groups in total. The Balaban J connectivity index is 1.80. The largest absolute Gasteiger partial charge is 0.330 e. The van der Waals surface area contributed by atoms with Gasteiger partial charge in [0, 0.05) is 19.1 Å². The van der Waals surface area contributed by atoms with Gasteiger partial charge in [-0.05, 0) is 89.0 Å². The molecule has 2 heterocycles. The molecule has 0 bridgehead atoms. The second kappa shape index (κ2) is 9.51. The third kappa shape index (κ3) is 5.42. The summed E-state index contributed by atoms with van der Waals surface area (Å²) >= 11 is 0. The van der Waals surface area contributed by atoms with E-state index in [1.54, 1.807) is 0 Å². The molecule has 2 atom stereocenters. The Labute approximate surface area is 150 Å². The van der Waals surface area contributed by atoms with Crippen LogP contribution in [0.25, 0.3) is 0 Å². The van der Waals surface area contributed by atoms with Crippen LogP contribution in [0.4, 0.5) is 0 Å². The first-order valence-corrected chi connectivity index (χ1v) is 10.4. The van der Waals surface area contributed by atoms with E-state index in [-0.39, 0.29) is 0 Å². The highest BCUT2D eigenvalue weighted by atomic mass is 15.1. The fourth-order valence-corrected chi connectivity index (χ4v) is 5.06. The predicted octanol–water partition coefficient (Wildman–Crippen LogP) is 2.59. The number of piperidine rings is 2. The molecule has 2 aliphatic rings. The molecule has 4 nitrogen and oxygen atoms in total. The van der Waals surface area contributed by atoms with Crippen molar-refractivity contribution >= 4 is 0 Å². The standard InChI is InChI=1S/C20H42N4/c1-4-6-19(5-2,7-11-21)17-22-16-18-15-20(8-12-23-18)9-13-24(3)14-10-20/h18,22-23H,4-17,21H2,1-3H3. The van der Waals surface area contributed by atoms with Gasteiger partial charge in [0.15, 0.2) is 0 Å². The lowest BCUT2D eigenvalue weighted by atomic mass is 9.69. The highest BCUT2D eigenvalue weighted by Crippen LogP contribution is 2.41. The number of hydrogen-bond acceptors (Lipinski definition) is 4. The normalized spacial score (nSPS) is 27.2. The van der Waals surface area contributed by atoms with Crippen molar-refractivity contribution < 1.29 is 0 Å². The summed E-state index contributed by atoms with van der Waals surface area (Å²) in [5.74, 6) is 0. The highest BCUT2D eigenvalue weighted by Gasteiger charge is 2.38. The summed E-state index contributed by atoms with van der Waals surface area (Å²) < 4.78 is 0. The summed E-state index contributed by atoms with van der Waals surface area (Å²) in [4.78, 5) is 2.49. The summed E-state index contributed by atoms with van der Waals surface area (Å²) in [5.41, 5.74) is 6.92. The molecule has 2 saturated heterocycles. The second-order valence-electron chi connectivity index (χ2n) is 8.68. The van der Waals surface area contributed by atoms with Crippen LogP contribution in [-0.4, -0.2) is 57.3 Å². The van der Waals surface area contributed by atoms with Gasteiger partial charge in [-0.15, -0.1) is 0 Å². The van der Waals surface area contributed by atoms with Crippen LogP contribution in [0, 0.1) is 10.8 Å². The molecule has 142 valence electrons. The van der Waals surface area contributed by atoms with Crippen LogP contribution in [0.2, 0.25) is 0 Å². The number of hydrogen-bond donors (Lipinski definition) is 3. The minimum atomic E-state index is 0.406. The van der Waals surface area contributed by atoms with Gasteiger partial charge < -0.3 is 21.3 Å². The van der Waals surface area contributed by atoms with E-state index in [1.807, 2.05) is 0 Å². The quantitative estimate of drug-likeness (QED) is 0.605. The zero-order chi connectivity index (χ0) is 17.5. The van der Waals surface area contributed by atoms with Crippen molar-refractivity contribution in [3.05, 3.63) is 0 Å². The van der Waals surface area contributed by atoms with Crippen molar-refractivity contribution in [2.45, 2.75) is 71.3 Å². The summed E-state index contributed by atoms with van der Waals surface area (Å²) in [6, 6.07) is 0.649. The van der Waals surface area contributed by atoms with Gasteiger partial charge >= 0.3 is 0 Å². The van der Waals surface area contributed by atoms with Crippen molar-refractivity contribution in [1.29, 1.82) is 0 Å². The highest BCUT2D eigenvalue weighted by molar-refractivity contribution is 4.94. The Morgan fingerprint density at radius 3 is 2.58 bits per heavy atom. The molecule has 0 aromatic carbocycles. The van der Waals surface area contributed by atoms with Gasteiger partial charge in [0.1, 0.15) is 0 Å². The average molecular weight is 339 g/mol. The molecule has 2 fully saturated rings. The van der Waals surface area contributed by atoms with Crippen LogP contribution in [-0.2, 0) is 0 Å². The molecule has 1 spiro atoms. The van der Waals surface area contributed by atoms with E-state index in [4.69, 9.17) is 5.73 Å². The minimum Gasteiger partial charge on any atom is -0.330 e. The Morgan fingerprint density at radius 1 is 1.21 bits per heavy atom. The van der Waals surface area contributed by atoms with Crippen molar-refractivity contribution in [3.8, 4) is 0 Å². The predicted molar refractivity (Wildman–Crippen MR) is 104 cm³/mol. The SMILES string of the molecule is CCCC(CC)(CCN)CNCC1CC2(CCN1)CCN(C)CC2. The molecule has 2 rings (SSSR count). The molecule has 2 aliphatic heterocycles. The Hall–Kier alpha value is -0.160. The maximum absolute atomic E-state index is 5.90. The Bertz CT molecular complexity index is 344. The van der Waals surface area contributed by atoms with E-state index in [9.17, 15) is 0 Å². The number of nitrogens with one attached hydrogen (secondary N) is 2. The fourth-order valence-electron chi connectivity index (χ4n) is 5.06. The molecule has 2 unspecified atom stereocenters. The Kier molecular flexibility index (Phi) is 7.99. The van der Waals surface area contributed by atoms with E-state index in [0.717, 1.165) is 26.1 Å². The molecule has 0 aromatic heterocycles. The maximum Gasteiger partial charge on any atom is 0.0197 e. The number of nitrogens with zero attached hydrogens (tertiary/aromatic N) is 1. The van der Waals surface area contributed by atoms with Crippen molar-refractivity contribution in [1.82, 2.24) is 15.5 Å². The van der Waals surface area contributed by atoms with Gasteiger partial charge in [-0.2, -0.15) is 0 Å². The monoisotopic (exact) mass is 338 g/mol. The molecule has 0 saturated carbocycles. The molecular weight excluding hydrogens is 296 g/mol. The second-order valence-corrected chi connectivity index (χ2v) is 8.68. The lowest BCUT2D eigenvalue weighted by molar-refractivity contribution is 0.0681. The molecule has 0 aromatic rings. The lowest BCUT2D eigenvalue weighted by Crippen LogP contribution is -2.52. The van der Waals surface area contributed by atoms with Crippen LogP contribution >= 0.6 is 0 Å². The molecule has 24 heavy (non-hydrogen) atoms. The first-order valence-electron chi connectivity index (χ1n) is 10.4. The van der Waals surface area contributed by atoms with E-state index in [1.165, 1.54) is 64.6 Å². The summed E-state index contributed by atoms with van der Waals surface area (Å²) in [6.45, 7) is 11.5. The van der Waals surface area contributed by atoms with Gasteiger partial charge in [-0.3, -0.25) is 0 Å². The molecule has 0 amide bonds. The van der Waals surface area contributed by atoms with E-state index in [2.05, 4.69) is 36.4 Å². The van der Waals surface area contributed by atoms with Crippen LogP contribution in [0.3, 0.4) is 0 Å². The van der Waals surface area contributed by atoms with Gasteiger partial charge in [0.05, 0.1) is 0 Å². The Morgan fingerprint density at radius 2 is 1.96 bits per heavy atom. The number of likely N-dealkylation sites (tertiary alicyclic amines) is 1. The lowest BCUT2D eigenvalue weighted by Gasteiger charge is -2.46. The minimum absolute atomic E-state index is 0.406. The zero-order valence-electron chi connectivity index (χ0n) is 16.5. The topological polar surface area (TPSA) is 53.3 Å². The van der Waals surface area contributed by atoms with Crippen LogP contribution in [0.15, 0.2) is 0 Å². The van der Waals surface area contributed by atoms with Crippen molar-refractivity contribution in [3.63, 3.8) is 0 Å². The number of nitrogens with two attached hydrogens (primary N) is 1. The third-order valence-electron chi connectivity index (χ3n) is 6.91. The van der Waals surface area contributed by atoms with E-state index in [0.29, 0.717) is 16.9 Å². The number of rotatable bonds is 9. The molecule has 0 aliphatic carbocycles. The zero-order valence-corrected chi connectivity index (χ0v) is 16.5. The fraction of sp³-hybridized carbons (Fsp3) is 1.00. The summed E-state index contributed by atoms with van der Waals surface area (Å²) in [7, 11) is 2.27. The molecule has 0 radical (unpaired) electrons. The van der Waals surface area contributed by atoms with Crippen LogP contribution < -0.4 is 16.4 Å². The third-order valence-corrected chi connectivity index (χ3v) is 6.91. The first kappa shape index (κ1) is 20.2. The average Bonchev–Trinajstić information content (AvgIpc) is 2.58. The van der Waals surface area contributed by atoms with E-state index < -0.39 is 0 Å². The van der Waals surface area contributed by atoms with Gasteiger partial charge in [0.2, 0.25) is 0 Å².